The summed E-state index contributed by atoms with van der Waals surface area (Å²) in [6.45, 7) is 4.36. The zero-order chi connectivity index (χ0) is 24.3. The van der Waals surface area contributed by atoms with Gasteiger partial charge in [-0.2, -0.15) is 4.31 Å². The second kappa shape index (κ2) is 9.91. The van der Waals surface area contributed by atoms with Gasteiger partial charge in [-0.25, -0.2) is 8.42 Å². The van der Waals surface area contributed by atoms with Gasteiger partial charge in [-0.05, 0) is 51.0 Å². The van der Waals surface area contributed by atoms with E-state index in [9.17, 15) is 18.0 Å². The van der Waals surface area contributed by atoms with Crippen molar-refractivity contribution in [1.29, 1.82) is 0 Å². The van der Waals surface area contributed by atoms with Gasteiger partial charge in [-0.15, -0.1) is 0 Å². The quantitative estimate of drug-likeness (QED) is 0.528. The summed E-state index contributed by atoms with van der Waals surface area (Å²) in [6, 6.07) is 21.1. The molecule has 6 nitrogen and oxygen atoms in total. The number of rotatable bonds is 6. The molecule has 34 heavy (non-hydrogen) atoms. The minimum absolute atomic E-state index is 0.154. The highest BCUT2D eigenvalue weighted by atomic mass is 32.2. The van der Waals surface area contributed by atoms with Crippen LogP contribution in [0.2, 0.25) is 0 Å². The first-order valence-corrected chi connectivity index (χ1v) is 12.8. The Labute approximate surface area is 200 Å². The lowest BCUT2D eigenvalue weighted by Gasteiger charge is -2.30. The number of ketones is 1. The van der Waals surface area contributed by atoms with Gasteiger partial charge in [0.05, 0.1) is 10.6 Å². The number of hydrogen-bond donors (Lipinski definition) is 1. The van der Waals surface area contributed by atoms with Crippen LogP contribution in [0.25, 0.3) is 0 Å². The predicted octanol–water partition coefficient (Wildman–Crippen LogP) is 4.57. The van der Waals surface area contributed by atoms with Crippen molar-refractivity contribution in [2.45, 2.75) is 31.6 Å². The number of carbonyl (C=O) groups is 2. The minimum atomic E-state index is -3.58. The molecule has 1 aliphatic heterocycles. The molecule has 1 aliphatic rings. The first kappa shape index (κ1) is 23.9. The number of nitrogens with zero attached hydrogens (tertiary/aromatic N) is 1. The van der Waals surface area contributed by atoms with Crippen molar-refractivity contribution in [3.8, 4) is 0 Å². The predicted molar refractivity (Wildman–Crippen MR) is 132 cm³/mol. The maximum absolute atomic E-state index is 13.1. The van der Waals surface area contributed by atoms with Gasteiger partial charge in [0.1, 0.15) is 0 Å². The van der Waals surface area contributed by atoms with Crippen LogP contribution in [0.5, 0.6) is 0 Å². The molecule has 0 unspecified atom stereocenters. The van der Waals surface area contributed by atoms with Crippen molar-refractivity contribution in [3.05, 3.63) is 95.1 Å². The van der Waals surface area contributed by atoms with Gasteiger partial charge < -0.3 is 5.32 Å². The largest absolute Gasteiger partial charge is 0.325 e. The Morgan fingerprint density at radius 2 is 1.47 bits per heavy atom. The molecule has 0 aliphatic carbocycles. The number of nitrogens with one attached hydrogen (secondary N) is 1. The van der Waals surface area contributed by atoms with Gasteiger partial charge in [0, 0.05) is 30.1 Å². The second-order valence-corrected chi connectivity index (χ2v) is 10.7. The zero-order valence-corrected chi connectivity index (χ0v) is 20.1. The summed E-state index contributed by atoms with van der Waals surface area (Å²) in [5.41, 5.74) is 3.39. The smallest absolute Gasteiger partial charge is 0.243 e. The van der Waals surface area contributed by atoms with Crippen molar-refractivity contribution in [1.82, 2.24) is 4.31 Å². The molecule has 176 valence electrons. The van der Waals surface area contributed by atoms with Crippen molar-refractivity contribution >= 4 is 27.4 Å². The molecule has 1 N–H and O–H groups in total. The lowest BCUT2D eigenvalue weighted by Crippen LogP contribution is -2.41. The van der Waals surface area contributed by atoms with E-state index in [2.05, 4.69) is 5.32 Å². The first-order valence-electron chi connectivity index (χ1n) is 11.3. The molecule has 1 amide bonds. The number of amides is 1. The maximum atomic E-state index is 13.1. The van der Waals surface area contributed by atoms with Gasteiger partial charge in [0.15, 0.2) is 5.78 Å². The molecule has 0 bridgehead atoms. The SMILES string of the molecule is Cc1ccc(S(=O)(=O)N2CCC(C(=O)Nc3ccc(C)cc3C(=O)c3ccccc3)CC2)cc1. The standard InChI is InChI=1S/C27H28N2O4S/c1-19-8-11-23(12-9-19)34(32,33)29-16-14-22(15-17-29)27(31)28-25-13-10-20(2)18-24(25)26(30)21-6-4-3-5-7-21/h3-13,18,22H,14-17H2,1-2H3,(H,28,31). The van der Waals surface area contributed by atoms with E-state index in [4.69, 9.17) is 0 Å². The van der Waals surface area contributed by atoms with E-state index in [0.29, 0.717) is 29.7 Å². The fourth-order valence-electron chi connectivity index (χ4n) is 4.15. The van der Waals surface area contributed by atoms with Crippen LogP contribution in [0.1, 0.15) is 39.9 Å². The highest BCUT2D eigenvalue weighted by molar-refractivity contribution is 7.89. The van der Waals surface area contributed by atoms with Crippen LogP contribution in [-0.2, 0) is 14.8 Å². The lowest BCUT2D eigenvalue weighted by molar-refractivity contribution is -0.120. The van der Waals surface area contributed by atoms with Crippen LogP contribution in [0.15, 0.2) is 77.7 Å². The van der Waals surface area contributed by atoms with E-state index in [0.717, 1.165) is 11.1 Å². The van der Waals surface area contributed by atoms with Gasteiger partial charge in [-0.1, -0.05) is 59.7 Å². The second-order valence-electron chi connectivity index (χ2n) is 8.72. The number of benzene rings is 3. The molecule has 1 heterocycles. The average molecular weight is 477 g/mol. The molecule has 3 aromatic rings. The Morgan fingerprint density at radius 1 is 0.853 bits per heavy atom. The molecule has 0 aromatic heterocycles. The minimum Gasteiger partial charge on any atom is -0.325 e. The van der Waals surface area contributed by atoms with Crippen LogP contribution in [0.3, 0.4) is 0 Å². The molecule has 4 rings (SSSR count). The Balaban J connectivity index is 1.45. The van der Waals surface area contributed by atoms with Crippen LogP contribution in [0.4, 0.5) is 5.69 Å². The topological polar surface area (TPSA) is 83.6 Å². The van der Waals surface area contributed by atoms with Crippen LogP contribution >= 0.6 is 0 Å². The molecular weight excluding hydrogens is 448 g/mol. The molecule has 3 aromatic carbocycles. The maximum Gasteiger partial charge on any atom is 0.243 e. The number of aryl methyl sites for hydroxylation is 2. The van der Waals surface area contributed by atoms with E-state index in [-0.39, 0.29) is 35.6 Å². The van der Waals surface area contributed by atoms with Crippen LogP contribution < -0.4 is 5.32 Å². The lowest BCUT2D eigenvalue weighted by atomic mass is 9.96. The summed E-state index contributed by atoms with van der Waals surface area (Å²) in [6.07, 6.45) is 0.843. The van der Waals surface area contributed by atoms with E-state index >= 15 is 0 Å². The monoisotopic (exact) mass is 476 g/mol. The zero-order valence-electron chi connectivity index (χ0n) is 19.3. The fraction of sp³-hybridized carbons (Fsp3) is 0.259. The Morgan fingerprint density at radius 3 is 2.12 bits per heavy atom. The van der Waals surface area contributed by atoms with Gasteiger partial charge in [0.2, 0.25) is 15.9 Å². The Hall–Kier alpha value is -3.29. The molecule has 0 spiro atoms. The molecule has 1 saturated heterocycles. The third-order valence-corrected chi connectivity index (χ3v) is 8.11. The van der Waals surface area contributed by atoms with Gasteiger partial charge in [-0.3, -0.25) is 9.59 Å². The van der Waals surface area contributed by atoms with Crippen molar-refractivity contribution in [2.75, 3.05) is 18.4 Å². The number of piperidine rings is 1. The van der Waals surface area contributed by atoms with Crippen LogP contribution in [-0.4, -0.2) is 37.5 Å². The first-order chi connectivity index (χ1) is 16.3. The number of anilines is 1. The molecule has 0 saturated carbocycles. The normalized spacial score (nSPS) is 15.1. The van der Waals surface area contributed by atoms with Crippen molar-refractivity contribution < 1.29 is 18.0 Å². The summed E-state index contributed by atoms with van der Waals surface area (Å²) in [5.74, 6) is -0.678. The Bertz CT molecular complexity index is 1290. The van der Waals surface area contributed by atoms with Gasteiger partial charge in [0.25, 0.3) is 0 Å². The third-order valence-electron chi connectivity index (χ3n) is 6.20. The third kappa shape index (κ3) is 5.11. The summed E-state index contributed by atoms with van der Waals surface area (Å²) >= 11 is 0. The highest BCUT2D eigenvalue weighted by Gasteiger charge is 2.32. The molecular formula is C27H28N2O4S. The Kier molecular flexibility index (Phi) is 6.95. The fourth-order valence-corrected chi connectivity index (χ4v) is 5.62. The molecule has 0 radical (unpaired) electrons. The van der Waals surface area contributed by atoms with Crippen LogP contribution in [0, 0.1) is 19.8 Å². The van der Waals surface area contributed by atoms with Crippen molar-refractivity contribution in [3.63, 3.8) is 0 Å². The van der Waals surface area contributed by atoms with Crippen molar-refractivity contribution in [2.24, 2.45) is 5.92 Å². The number of hydrogen-bond acceptors (Lipinski definition) is 4. The average Bonchev–Trinajstić information content (AvgIpc) is 2.85. The summed E-state index contributed by atoms with van der Waals surface area (Å²) in [5, 5.41) is 2.92. The summed E-state index contributed by atoms with van der Waals surface area (Å²) < 4.78 is 27.3. The number of carbonyl (C=O) groups excluding carboxylic acids is 2. The van der Waals surface area contributed by atoms with E-state index < -0.39 is 10.0 Å². The molecule has 1 fully saturated rings. The number of sulfonamides is 1. The van der Waals surface area contributed by atoms with E-state index in [1.807, 2.05) is 26.0 Å². The molecule has 7 heteroatoms. The summed E-state index contributed by atoms with van der Waals surface area (Å²) in [7, 11) is -3.58. The van der Waals surface area contributed by atoms with E-state index in [1.165, 1.54) is 4.31 Å². The summed E-state index contributed by atoms with van der Waals surface area (Å²) in [4.78, 5) is 26.4. The highest BCUT2D eigenvalue weighted by Crippen LogP contribution is 2.27. The van der Waals surface area contributed by atoms with Gasteiger partial charge >= 0.3 is 0 Å². The molecule has 0 atom stereocenters. The van der Waals surface area contributed by atoms with E-state index in [1.54, 1.807) is 60.7 Å².